The Morgan fingerprint density at radius 2 is 1.77 bits per heavy atom. The smallest absolute Gasteiger partial charge is 0.342 e. The first-order valence-corrected chi connectivity index (χ1v) is 4.06. The second-order valence-electron chi connectivity index (χ2n) is 2.63. The lowest BCUT2D eigenvalue weighted by Crippen LogP contribution is -2.48. The molecule has 13 heavy (non-hydrogen) atoms. The Bertz CT molecular complexity index is 199. The van der Waals surface area contributed by atoms with Gasteiger partial charge in [0.25, 0.3) is 5.91 Å². The summed E-state index contributed by atoms with van der Waals surface area (Å²) in [6, 6.07) is -1.96. The van der Waals surface area contributed by atoms with E-state index < -0.39 is 22.5 Å². The molecule has 0 bridgehead atoms. The van der Waals surface area contributed by atoms with Crippen LogP contribution in [0.2, 0.25) is 0 Å². The maximum atomic E-state index is 11.9. The molecule has 1 unspecified atom stereocenters. The second-order valence-corrected chi connectivity index (χ2v) is 4.33. The molecule has 0 rings (SSSR count). The summed E-state index contributed by atoms with van der Waals surface area (Å²) in [4.78, 5) is 10.8. The van der Waals surface area contributed by atoms with Crippen LogP contribution >= 0.6 is 23.2 Å². The van der Waals surface area contributed by atoms with Gasteiger partial charge in [-0.3, -0.25) is 4.79 Å². The molecule has 0 aliphatic rings. The molecular weight excluding hydrogens is 230 g/mol. The third kappa shape index (κ3) is 4.57. The van der Waals surface area contributed by atoms with Crippen LogP contribution in [0.1, 0.15) is 13.8 Å². The molecule has 0 aromatic rings. The number of rotatable bonds is 2. The lowest BCUT2D eigenvalue weighted by molar-refractivity contribution is -0.158. The molecule has 1 atom stereocenters. The topological polar surface area (TPSA) is 29.1 Å². The fourth-order valence-corrected chi connectivity index (χ4v) is 0.514. The molecule has 0 aliphatic carbocycles. The molecule has 0 aromatic carbocycles. The van der Waals surface area contributed by atoms with Gasteiger partial charge in [-0.15, -0.1) is 0 Å². The van der Waals surface area contributed by atoms with E-state index in [1.165, 1.54) is 0 Å². The summed E-state index contributed by atoms with van der Waals surface area (Å²) in [5.74, 6) is -1.07. The quantitative estimate of drug-likeness (QED) is 0.734. The molecule has 0 saturated carbocycles. The van der Waals surface area contributed by atoms with Crippen molar-refractivity contribution in [1.82, 2.24) is 5.32 Å². The molecule has 0 aliphatic heterocycles. The minimum atomic E-state index is -4.49. The Kier molecular flexibility index (Phi) is 3.87. The van der Waals surface area contributed by atoms with Crippen LogP contribution in [0.25, 0.3) is 0 Å². The number of hydrogen-bond acceptors (Lipinski definition) is 1. The molecule has 0 aromatic heterocycles. The molecule has 1 N–H and O–H groups in total. The van der Waals surface area contributed by atoms with E-state index in [-0.39, 0.29) is 0 Å². The first-order chi connectivity index (χ1) is 5.55. The highest BCUT2D eigenvalue weighted by Crippen LogP contribution is 2.23. The zero-order valence-electron chi connectivity index (χ0n) is 6.88. The maximum Gasteiger partial charge on any atom is 0.408 e. The predicted octanol–water partition coefficient (Wildman–Crippen LogP) is 2.25. The molecule has 0 heterocycles. The third-order valence-electron chi connectivity index (χ3n) is 1.24. The first-order valence-electron chi connectivity index (χ1n) is 3.30. The van der Waals surface area contributed by atoms with E-state index in [2.05, 4.69) is 0 Å². The van der Waals surface area contributed by atoms with Gasteiger partial charge in [0.1, 0.15) is 6.04 Å². The predicted molar refractivity (Wildman–Crippen MR) is 43.8 cm³/mol. The van der Waals surface area contributed by atoms with Gasteiger partial charge in [-0.05, 0) is 13.8 Å². The molecule has 78 valence electrons. The first kappa shape index (κ1) is 12.8. The van der Waals surface area contributed by atoms with Gasteiger partial charge in [0.2, 0.25) is 0 Å². The maximum absolute atomic E-state index is 11.9. The van der Waals surface area contributed by atoms with Crippen LogP contribution in [-0.4, -0.2) is 22.5 Å². The molecule has 0 radical (unpaired) electrons. The van der Waals surface area contributed by atoms with E-state index in [0.717, 1.165) is 13.8 Å². The van der Waals surface area contributed by atoms with Crippen molar-refractivity contribution in [3.63, 3.8) is 0 Å². The van der Waals surface area contributed by atoms with Crippen molar-refractivity contribution in [2.45, 2.75) is 30.4 Å². The van der Waals surface area contributed by atoms with Crippen LogP contribution < -0.4 is 5.32 Å². The number of carbonyl (C=O) groups excluding carboxylic acids is 1. The van der Waals surface area contributed by atoms with Crippen molar-refractivity contribution >= 4 is 29.1 Å². The van der Waals surface area contributed by atoms with Crippen LogP contribution in [0.5, 0.6) is 0 Å². The lowest BCUT2D eigenvalue weighted by Gasteiger charge is -2.20. The zero-order chi connectivity index (χ0) is 10.9. The van der Waals surface area contributed by atoms with Gasteiger partial charge in [0, 0.05) is 0 Å². The SMILES string of the molecule is CC(NC(=O)C(C)(Cl)Cl)C(F)(F)F. The van der Waals surface area contributed by atoms with Gasteiger partial charge < -0.3 is 5.32 Å². The average Bonchev–Trinajstić information content (AvgIpc) is 1.82. The Morgan fingerprint density at radius 1 is 1.38 bits per heavy atom. The van der Waals surface area contributed by atoms with E-state index in [9.17, 15) is 18.0 Å². The number of alkyl halides is 5. The van der Waals surface area contributed by atoms with Crippen molar-refractivity contribution in [2.75, 3.05) is 0 Å². The molecule has 0 spiro atoms. The summed E-state index contributed by atoms with van der Waals surface area (Å²) < 4.78 is 33.8. The standard InChI is InChI=1S/C6H8Cl2F3NO/c1-3(6(9,10)11)12-4(13)5(2,7)8/h3H,1-2H3,(H,12,13). The molecule has 1 amide bonds. The summed E-state index contributed by atoms with van der Waals surface area (Å²) in [5, 5.41) is 1.63. The minimum absolute atomic E-state index is 0.803. The number of amides is 1. The number of halogens is 5. The van der Waals surface area contributed by atoms with Crippen LogP contribution in [-0.2, 0) is 4.79 Å². The molecule has 0 fully saturated rings. The number of nitrogens with one attached hydrogen (secondary N) is 1. The summed E-state index contributed by atoms with van der Waals surface area (Å²) in [6.07, 6.45) is -4.49. The third-order valence-corrected chi connectivity index (χ3v) is 1.58. The highest BCUT2D eigenvalue weighted by atomic mass is 35.5. The van der Waals surface area contributed by atoms with Crippen molar-refractivity contribution in [3.8, 4) is 0 Å². The summed E-state index contributed by atoms with van der Waals surface area (Å²) >= 11 is 10.5. The fourth-order valence-electron chi connectivity index (χ4n) is 0.405. The van der Waals surface area contributed by atoms with E-state index in [1.807, 2.05) is 0 Å². The van der Waals surface area contributed by atoms with E-state index in [4.69, 9.17) is 23.2 Å². The summed E-state index contributed by atoms with van der Waals surface area (Å²) in [5.41, 5.74) is 0. The zero-order valence-corrected chi connectivity index (χ0v) is 8.39. The molecule has 7 heteroatoms. The van der Waals surface area contributed by atoms with Crippen molar-refractivity contribution < 1.29 is 18.0 Å². The van der Waals surface area contributed by atoms with Crippen LogP contribution in [0.3, 0.4) is 0 Å². The average molecular weight is 238 g/mol. The van der Waals surface area contributed by atoms with Crippen LogP contribution in [0, 0.1) is 0 Å². The van der Waals surface area contributed by atoms with Crippen LogP contribution in [0.4, 0.5) is 13.2 Å². The van der Waals surface area contributed by atoms with Crippen molar-refractivity contribution in [1.29, 1.82) is 0 Å². The van der Waals surface area contributed by atoms with Gasteiger partial charge in [-0.1, -0.05) is 23.2 Å². The van der Waals surface area contributed by atoms with Crippen LogP contribution in [0.15, 0.2) is 0 Å². The largest absolute Gasteiger partial charge is 0.408 e. The van der Waals surface area contributed by atoms with Crippen molar-refractivity contribution in [3.05, 3.63) is 0 Å². The van der Waals surface area contributed by atoms with E-state index in [1.54, 1.807) is 5.32 Å². The Hall–Kier alpha value is -0.160. The van der Waals surface area contributed by atoms with E-state index in [0.29, 0.717) is 0 Å². The van der Waals surface area contributed by atoms with Gasteiger partial charge in [-0.2, -0.15) is 13.2 Å². The highest BCUT2D eigenvalue weighted by molar-refractivity contribution is 6.57. The van der Waals surface area contributed by atoms with Gasteiger partial charge in [-0.25, -0.2) is 0 Å². The molecule has 0 saturated heterocycles. The Morgan fingerprint density at radius 3 is 2.00 bits per heavy atom. The van der Waals surface area contributed by atoms with Gasteiger partial charge in [0.15, 0.2) is 4.33 Å². The van der Waals surface area contributed by atoms with Gasteiger partial charge >= 0.3 is 6.18 Å². The van der Waals surface area contributed by atoms with Crippen molar-refractivity contribution in [2.24, 2.45) is 0 Å². The molecular formula is C6H8Cl2F3NO. The summed E-state index contributed by atoms with van der Waals surface area (Å²) in [7, 11) is 0. The Labute approximate surface area is 83.4 Å². The lowest BCUT2D eigenvalue weighted by atomic mass is 10.3. The molecule has 2 nitrogen and oxygen atoms in total. The van der Waals surface area contributed by atoms with Gasteiger partial charge in [0.05, 0.1) is 0 Å². The number of carbonyl (C=O) groups is 1. The monoisotopic (exact) mass is 237 g/mol. The van der Waals surface area contributed by atoms with E-state index >= 15 is 0 Å². The number of hydrogen-bond donors (Lipinski definition) is 1. The normalized spacial score (nSPS) is 15.3. The fraction of sp³-hybridized carbons (Fsp3) is 0.833. The Balaban J connectivity index is 4.24. The minimum Gasteiger partial charge on any atom is -0.342 e. The summed E-state index contributed by atoms with van der Waals surface area (Å²) in [6.45, 7) is 1.89. The highest BCUT2D eigenvalue weighted by Gasteiger charge is 2.39. The second kappa shape index (κ2) is 3.92.